The van der Waals surface area contributed by atoms with Gasteiger partial charge in [-0.25, -0.2) is 0 Å². The minimum absolute atomic E-state index is 0.0705. The van der Waals surface area contributed by atoms with E-state index < -0.39 is 0 Å². The van der Waals surface area contributed by atoms with E-state index in [9.17, 15) is 4.79 Å². The van der Waals surface area contributed by atoms with E-state index in [4.69, 9.17) is 0 Å². The Balaban J connectivity index is 4.36. The first-order chi connectivity index (χ1) is 7.40. The molecule has 0 aromatic heterocycles. The molecule has 0 radical (unpaired) electrons. The summed E-state index contributed by atoms with van der Waals surface area (Å²) in [5.74, 6) is 0.864. The van der Waals surface area contributed by atoms with Crippen LogP contribution in [-0.2, 0) is 4.79 Å². The number of hydrogen-bond donors (Lipinski definition) is 1. The standard InChI is InChI=1S/C13H28N2O/c1-7-14-8-12(6)13(16)15(11(4)5)9-10(2)3/h10-12,14H,7-9H2,1-6H3. The van der Waals surface area contributed by atoms with Crippen molar-refractivity contribution in [1.29, 1.82) is 0 Å². The second-order valence-electron chi connectivity index (χ2n) is 5.19. The van der Waals surface area contributed by atoms with Gasteiger partial charge in [-0.3, -0.25) is 4.79 Å². The summed E-state index contributed by atoms with van der Waals surface area (Å²) >= 11 is 0. The zero-order valence-corrected chi connectivity index (χ0v) is 11.7. The fraction of sp³-hybridized carbons (Fsp3) is 0.923. The first-order valence-corrected chi connectivity index (χ1v) is 6.41. The van der Waals surface area contributed by atoms with Crippen LogP contribution in [0.15, 0.2) is 0 Å². The minimum atomic E-state index is 0.0705. The monoisotopic (exact) mass is 228 g/mol. The number of amides is 1. The van der Waals surface area contributed by atoms with E-state index in [1.54, 1.807) is 0 Å². The third-order valence-electron chi connectivity index (χ3n) is 2.59. The largest absolute Gasteiger partial charge is 0.340 e. The Morgan fingerprint density at radius 3 is 2.12 bits per heavy atom. The van der Waals surface area contributed by atoms with Crippen molar-refractivity contribution in [3.05, 3.63) is 0 Å². The first kappa shape index (κ1) is 15.4. The van der Waals surface area contributed by atoms with Gasteiger partial charge < -0.3 is 10.2 Å². The average Bonchev–Trinajstić information content (AvgIpc) is 2.20. The van der Waals surface area contributed by atoms with Crippen molar-refractivity contribution in [2.45, 2.75) is 47.6 Å². The normalized spacial score (nSPS) is 13.2. The Hall–Kier alpha value is -0.570. The van der Waals surface area contributed by atoms with E-state index in [1.165, 1.54) is 0 Å². The van der Waals surface area contributed by atoms with Gasteiger partial charge in [0.25, 0.3) is 0 Å². The summed E-state index contributed by atoms with van der Waals surface area (Å²) < 4.78 is 0. The van der Waals surface area contributed by atoms with E-state index >= 15 is 0 Å². The van der Waals surface area contributed by atoms with Crippen LogP contribution in [0.3, 0.4) is 0 Å². The van der Waals surface area contributed by atoms with Crippen LogP contribution in [0.1, 0.15) is 41.5 Å². The molecule has 0 spiro atoms. The third-order valence-corrected chi connectivity index (χ3v) is 2.59. The van der Waals surface area contributed by atoms with E-state index in [-0.39, 0.29) is 11.8 Å². The molecule has 3 heteroatoms. The Bertz CT molecular complexity index is 202. The van der Waals surface area contributed by atoms with Crippen LogP contribution in [0.4, 0.5) is 0 Å². The third kappa shape index (κ3) is 5.50. The lowest BCUT2D eigenvalue weighted by Gasteiger charge is -2.31. The number of carbonyl (C=O) groups is 1. The second-order valence-corrected chi connectivity index (χ2v) is 5.19. The van der Waals surface area contributed by atoms with Crippen molar-refractivity contribution in [2.75, 3.05) is 19.6 Å². The van der Waals surface area contributed by atoms with Crippen molar-refractivity contribution in [3.63, 3.8) is 0 Å². The van der Waals surface area contributed by atoms with Crippen LogP contribution < -0.4 is 5.32 Å². The predicted octanol–water partition coefficient (Wildman–Crippen LogP) is 2.12. The highest BCUT2D eigenvalue weighted by Crippen LogP contribution is 2.09. The first-order valence-electron chi connectivity index (χ1n) is 6.41. The molecule has 1 N–H and O–H groups in total. The molecule has 1 unspecified atom stereocenters. The summed E-state index contributed by atoms with van der Waals surface area (Å²) in [5, 5.41) is 3.23. The smallest absolute Gasteiger partial charge is 0.226 e. The molecule has 16 heavy (non-hydrogen) atoms. The Labute approximate surface area is 101 Å². The predicted molar refractivity (Wildman–Crippen MR) is 69.4 cm³/mol. The fourth-order valence-corrected chi connectivity index (χ4v) is 1.68. The van der Waals surface area contributed by atoms with Crippen LogP contribution in [0, 0.1) is 11.8 Å². The number of carbonyl (C=O) groups excluding carboxylic acids is 1. The lowest BCUT2D eigenvalue weighted by molar-refractivity contribution is -0.137. The summed E-state index contributed by atoms with van der Waals surface area (Å²) in [6.07, 6.45) is 0. The van der Waals surface area contributed by atoms with Crippen molar-refractivity contribution in [1.82, 2.24) is 10.2 Å². The second kappa shape index (κ2) is 7.66. The average molecular weight is 228 g/mol. The van der Waals surface area contributed by atoms with Gasteiger partial charge in [0, 0.05) is 25.0 Å². The van der Waals surface area contributed by atoms with Gasteiger partial charge in [0.15, 0.2) is 0 Å². The van der Waals surface area contributed by atoms with Crippen LogP contribution >= 0.6 is 0 Å². The molecule has 0 rings (SSSR count). The van der Waals surface area contributed by atoms with E-state index in [1.807, 2.05) is 11.8 Å². The van der Waals surface area contributed by atoms with Crippen LogP contribution in [0.25, 0.3) is 0 Å². The summed E-state index contributed by atoms with van der Waals surface area (Å²) in [4.78, 5) is 14.2. The molecule has 96 valence electrons. The maximum Gasteiger partial charge on any atom is 0.226 e. The molecule has 0 saturated carbocycles. The fourth-order valence-electron chi connectivity index (χ4n) is 1.68. The highest BCUT2D eigenvalue weighted by molar-refractivity contribution is 5.79. The molecule has 0 aliphatic carbocycles. The van der Waals surface area contributed by atoms with Gasteiger partial charge >= 0.3 is 0 Å². The van der Waals surface area contributed by atoms with Gasteiger partial charge in [0.05, 0.1) is 0 Å². The topological polar surface area (TPSA) is 32.3 Å². The summed E-state index contributed by atoms with van der Waals surface area (Å²) in [7, 11) is 0. The van der Waals surface area contributed by atoms with Gasteiger partial charge in [-0.15, -0.1) is 0 Å². The molecule has 0 fully saturated rings. The van der Waals surface area contributed by atoms with Gasteiger partial charge in [0.2, 0.25) is 5.91 Å². The molecule has 0 aromatic carbocycles. The molecule has 0 heterocycles. The highest BCUT2D eigenvalue weighted by Gasteiger charge is 2.22. The molecule has 3 nitrogen and oxygen atoms in total. The van der Waals surface area contributed by atoms with Crippen molar-refractivity contribution >= 4 is 5.91 Å². The molecule has 0 bridgehead atoms. The van der Waals surface area contributed by atoms with Crippen LogP contribution in [-0.4, -0.2) is 36.5 Å². The van der Waals surface area contributed by atoms with E-state index in [0.717, 1.165) is 19.6 Å². The van der Waals surface area contributed by atoms with Crippen LogP contribution in [0.2, 0.25) is 0 Å². The molecule has 1 amide bonds. The van der Waals surface area contributed by atoms with Gasteiger partial charge in [0.1, 0.15) is 0 Å². The zero-order chi connectivity index (χ0) is 12.7. The van der Waals surface area contributed by atoms with Crippen molar-refractivity contribution in [3.8, 4) is 0 Å². The van der Waals surface area contributed by atoms with Gasteiger partial charge in [-0.1, -0.05) is 27.7 Å². The maximum atomic E-state index is 12.2. The summed E-state index contributed by atoms with van der Waals surface area (Å²) in [5.41, 5.74) is 0. The molecule has 0 aliphatic rings. The van der Waals surface area contributed by atoms with Crippen molar-refractivity contribution < 1.29 is 4.79 Å². The highest BCUT2D eigenvalue weighted by atomic mass is 16.2. The molecular weight excluding hydrogens is 200 g/mol. The van der Waals surface area contributed by atoms with Gasteiger partial charge in [-0.2, -0.15) is 0 Å². The maximum absolute atomic E-state index is 12.2. The van der Waals surface area contributed by atoms with E-state index in [0.29, 0.717) is 12.0 Å². The Morgan fingerprint density at radius 2 is 1.75 bits per heavy atom. The minimum Gasteiger partial charge on any atom is -0.340 e. The lowest BCUT2D eigenvalue weighted by atomic mass is 10.1. The molecular formula is C13H28N2O. The summed E-state index contributed by atoms with van der Waals surface area (Å²) in [6.45, 7) is 15.1. The number of rotatable bonds is 7. The Morgan fingerprint density at radius 1 is 1.19 bits per heavy atom. The number of nitrogens with one attached hydrogen (secondary N) is 1. The van der Waals surface area contributed by atoms with Crippen LogP contribution in [0.5, 0.6) is 0 Å². The van der Waals surface area contributed by atoms with E-state index in [2.05, 4.69) is 39.9 Å². The Kier molecular flexibility index (Phi) is 7.39. The van der Waals surface area contributed by atoms with Gasteiger partial charge in [-0.05, 0) is 26.3 Å². The SMILES string of the molecule is CCNCC(C)C(=O)N(CC(C)C)C(C)C. The number of nitrogens with zero attached hydrogens (tertiary/aromatic N) is 1. The molecule has 0 aliphatic heterocycles. The lowest BCUT2D eigenvalue weighted by Crippen LogP contribution is -2.44. The zero-order valence-electron chi connectivity index (χ0n) is 11.7. The van der Waals surface area contributed by atoms with Crippen molar-refractivity contribution in [2.24, 2.45) is 11.8 Å². The quantitative estimate of drug-likeness (QED) is 0.724. The molecule has 0 aromatic rings. The molecule has 0 saturated heterocycles. The number of hydrogen-bond acceptors (Lipinski definition) is 2. The summed E-state index contributed by atoms with van der Waals surface area (Å²) in [6, 6.07) is 0.291. The molecule has 1 atom stereocenters.